The Morgan fingerprint density at radius 1 is 1.11 bits per heavy atom. The molecule has 0 saturated carbocycles. The number of rotatable bonds is 4. The molecule has 0 fully saturated rings. The van der Waals surface area contributed by atoms with Crippen LogP contribution in [0.3, 0.4) is 0 Å². The maximum atomic E-state index is 12.0. The summed E-state index contributed by atoms with van der Waals surface area (Å²) >= 11 is 6.47. The summed E-state index contributed by atoms with van der Waals surface area (Å²) in [5, 5.41) is 1.78. The van der Waals surface area contributed by atoms with Crippen molar-refractivity contribution in [3.8, 4) is 17.2 Å². The van der Waals surface area contributed by atoms with Gasteiger partial charge in [0.05, 0.1) is 0 Å². The summed E-state index contributed by atoms with van der Waals surface area (Å²) in [7, 11) is 0. The van der Waals surface area contributed by atoms with E-state index in [9.17, 15) is 4.79 Å². The summed E-state index contributed by atoms with van der Waals surface area (Å²) in [4.78, 5) is 12.0. The van der Waals surface area contributed by atoms with E-state index in [1.807, 2.05) is 49.4 Å². The molecule has 0 aliphatic heterocycles. The van der Waals surface area contributed by atoms with E-state index in [4.69, 9.17) is 21.1 Å². The second-order valence-corrected chi connectivity index (χ2v) is 7.66. The van der Waals surface area contributed by atoms with E-state index in [2.05, 4.69) is 12.6 Å². The summed E-state index contributed by atoms with van der Waals surface area (Å²) in [6.45, 7) is 5.56. The van der Waals surface area contributed by atoms with Crippen molar-refractivity contribution < 1.29 is 14.3 Å². The van der Waals surface area contributed by atoms with Crippen LogP contribution < -0.4 is 9.47 Å². The van der Waals surface area contributed by atoms with Crippen LogP contribution in [0.25, 0.3) is 10.8 Å². The third kappa shape index (κ3) is 3.50. The molecule has 0 saturated heterocycles. The average molecular weight is 393 g/mol. The monoisotopic (exact) mass is 392 g/mol. The zero-order valence-electron chi connectivity index (χ0n) is 15.7. The SMILES string of the molecule is C=CC(=O)Oc1c2c(c(Oc3ccccc3)c3cc(C)ccc13)CCC(Cl)C2. The highest BCUT2D eigenvalue weighted by Gasteiger charge is 2.28. The Morgan fingerprint density at radius 3 is 2.64 bits per heavy atom. The van der Waals surface area contributed by atoms with Crippen LogP contribution in [0.5, 0.6) is 17.2 Å². The minimum Gasteiger partial charge on any atom is -0.456 e. The van der Waals surface area contributed by atoms with E-state index in [1.54, 1.807) is 0 Å². The highest BCUT2D eigenvalue weighted by Crippen LogP contribution is 2.46. The number of para-hydroxylation sites is 1. The lowest BCUT2D eigenvalue weighted by Gasteiger charge is -2.27. The van der Waals surface area contributed by atoms with Gasteiger partial charge < -0.3 is 9.47 Å². The molecular formula is C24H21ClO3. The fraction of sp³-hybridized carbons (Fsp3) is 0.208. The third-order valence-corrected chi connectivity index (χ3v) is 5.41. The highest BCUT2D eigenvalue weighted by molar-refractivity contribution is 6.21. The van der Waals surface area contributed by atoms with Crippen molar-refractivity contribution in [3.63, 3.8) is 0 Å². The lowest BCUT2D eigenvalue weighted by molar-refractivity contribution is -0.128. The van der Waals surface area contributed by atoms with E-state index in [-0.39, 0.29) is 5.38 Å². The Balaban J connectivity index is 1.99. The number of carbonyl (C=O) groups is 1. The molecular weight excluding hydrogens is 372 g/mol. The van der Waals surface area contributed by atoms with Crippen LogP contribution in [-0.2, 0) is 17.6 Å². The summed E-state index contributed by atoms with van der Waals surface area (Å²) in [5.41, 5.74) is 3.12. The fourth-order valence-electron chi connectivity index (χ4n) is 3.73. The molecule has 1 atom stereocenters. The Morgan fingerprint density at radius 2 is 1.89 bits per heavy atom. The Kier molecular flexibility index (Phi) is 5.10. The van der Waals surface area contributed by atoms with Crippen molar-refractivity contribution in [2.24, 2.45) is 0 Å². The molecule has 0 amide bonds. The van der Waals surface area contributed by atoms with Crippen LogP contribution in [0.1, 0.15) is 23.1 Å². The van der Waals surface area contributed by atoms with Crippen LogP contribution in [0.4, 0.5) is 0 Å². The van der Waals surface area contributed by atoms with Crippen molar-refractivity contribution >= 4 is 28.3 Å². The van der Waals surface area contributed by atoms with Gasteiger partial charge in [0, 0.05) is 33.4 Å². The number of fused-ring (bicyclic) bond motifs is 2. The van der Waals surface area contributed by atoms with Crippen LogP contribution in [0.2, 0.25) is 0 Å². The summed E-state index contributed by atoms with van der Waals surface area (Å²) < 4.78 is 12.1. The summed E-state index contributed by atoms with van der Waals surface area (Å²) in [6, 6.07) is 15.8. The minimum absolute atomic E-state index is 0.00107. The predicted octanol–water partition coefficient (Wildman–Crippen LogP) is 6.13. The fourth-order valence-corrected chi connectivity index (χ4v) is 3.99. The van der Waals surface area contributed by atoms with Crippen molar-refractivity contribution in [2.75, 3.05) is 0 Å². The van der Waals surface area contributed by atoms with Gasteiger partial charge in [-0.2, -0.15) is 0 Å². The number of benzene rings is 3. The third-order valence-electron chi connectivity index (χ3n) is 5.04. The van der Waals surface area contributed by atoms with Crippen molar-refractivity contribution in [3.05, 3.63) is 77.9 Å². The maximum absolute atomic E-state index is 12.0. The number of ether oxygens (including phenoxy) is 2. The van der Waals surface area contributed by atoms with Crippen molar-refractivity contribution in [1.29, 1.82) is 0 Å². The number of esters is 1. The number of hydrogen-bond donors (Lipinski definition) is 0. The molecule has 3 aromatic carbocycles. The Bertz CT molecular complexity index is 1060. The summed E-state index contributed by atoms with van der Waals surface area (Å²) in [5.74, 6) is 1.69. The lowest BCUT2D eigenvalue weighted by atomic mass is 9.86. The number of halogens is 1. The molecule has 4 heteroatoms. The van der Waals surface area contributed by atoms with Crippen LogP contribution in [0, 0.1) is 6.92 Å². The number of hydrogen-bond acceptors (Lipinski definition) is 3. The zero-order valence-corrected chi connectivity index (χ0v) is 16.5. The van der Waals surface area contributed by atoms with E-state index >= 15 is 0 Å². The van der Waals surface area contributed by atoms with Crippen LogP contribution >= 0.6 is 11.6 Å². The molecule has 0 spiro atoms. The predicted molar refractivity (Wildman–Crippen MR) is 113 cm³/mol. The van der Waals surface area contributed by atoms with Crippen LogP contribution in [-0.4, -0.2) is 11.3 Å². The first-order chi connectivity index (χ1) is 13.6. The van der Waals surface area contributed by atoms with Gasteiger partial charge in [-0.1, -0.05) is 42.5 Å². The molecule has 1 unspecified atom stereocenters. The molecule has 1 aliphatic carbocycles. The first-order valence-electron chi connectivity index (χ1n) is 9.36. The van der Waals surface area contributed by atoms with Gasteiger partial charge in [0.25, 0.3) is 0 Å². The molecule has 0 heterocycles. The quantitative estimate of drug-likeness (QED) is 0.232. The van der Waals surface area contributed by atoms with Gasteiger partial charge in [-0.15, -0.1) is 11.6 Å². The molecule has 3 nitrogen and oxygen atoms in total. The standard InChI is InChI=1S/C24H21ClO3/c1-3-22(26)28-24-18-11-9-15(2)13-20(18)23(27-17-7-5-4-6-8-17)19-12-10-16(25)14-21(19)24/h3-9,11,13,16H,1,10,12,14H2,2H3. The van der Waals surface area contributed by atoms with E-state index in [1.165, 1.54) is 6.08 Å². The average Bonchev–Trinajstić information content (AvgIpc) is 2.71. The van der Waals surface area contributed by atoms with Crippen molar-refractivity contribution in [1.82, 2.24) is 0 Å². The second-order valence-electron chi connectivity index (χ2n) is 7.04. The number of alkyl halides is 1. The van der Waals surface area contributed by atoms with Gasteiger partial charge >= 0.3 is 5.97 Å². The minimum atomic E-state index is -0.475. The number of carbonyl (C=O) groups excluding carboxylic acids is 1. The van der Waals surface area contributed by atoms with Gasteiger partial charge in [-0.25, -0.2) is 4.79 Å². The molecule has 0 aromatic heterocycles. The molecule has 0 radical (unpaired) electrons. The molecule has 3 aromatic rings. The largest absolute Gasteiger partial charge is 0.456 e. The normalized spacial score (nSPS) is 15.7. The molecule has 4 rings (SSSR count). The first-order valence-corrected chi connectivity index (χ1v) is 9.79. The maximum Gasteiger partial charge on any atom is 0.335 e. The topological polar surface area (TPSA) is 35.5 Å². The lowest BCUT2D eigenvalue weighted by Crippen LogP contribution is -2.18. The number of aryl methyl sites for hydroxylation is 1. The molecule has 0 N–H and O–H groups in total. The Hall–Kier alpha value is -2.78. The van der Waals surface area contributed by atoms with Gasteiger partial charge in [0.15, 0.2) is 0 Å². The highest BCUT2D eigenvalue weighted by atomic mass is 35.5. The van der Waals surface area contributed by atoms with Gasteiger partial charge in [0.1, 0.15) is 17.2 Å². The molecule has 0 bridgehead atoms. The van der Waals surface area contributed by atoms with Crippen LogP contribution in [0.15, 0.2) is 61.2 Å². The first kappa shape index (κ1) is 18.6. The molecule has 142 valence electrons. The van der Waals surface area contributed by atoms with Gasteiger partial charge in [-0.3, -0.25) is 0 Å². The van der Waals surface area contributed by atoms with E-state index in [0.29, 0.717) is 12.2 Å². The second kappa shape index (κ2) is 7.69. The Labute approximate surface area is 169 Å². The summed E-state index contributed by atoms with van der Waals surface area (Å²) in [6.07, 6.45) is 3.44. The molecule has 1 aliphatic rings. The van der Waals surface area contributed by atoms with Crippen molar-refractivity contribution in [2.45, 2.75) is 31.6 Å². The van der Waals surface area contributed by atoms with Gasteiger partial charge in [-0.05, 0) is 44.4 Å². The van der Waals surface area contributed by atoms with E-state index < -0.39 is 5.97 Å². The van der Waals surface area contributed by atoms with E-state index in [0.717, 1.165) is 51.8 Å². The smallest absolute Gasteiger partial charge is 0.335 e. The van der Waals surface area contributed by atoms with Gasteiger partial charge in [0.2, 0.25) is 0 Å². The zero-order chi connectivity index (χ0) is 19.7. The molecule has 28 heavy (non-hydrogen) atoms.